The Morgan fingerprint density at radius 1 is 1.16 bits per heavy atom. The van der Waals surface area contributed by atoms with E-state index in [-0.39, 0.29) is 18.7 Å². The lowest BCUT2D eigenvalue weighted by atomic mass is 10.00. The summed E-state index contributed by atoms with van der Waals surface area (Å²) in [6, 6.07) is 14.3. The second kappa shape index (κ2) is 6.76. The van der Waals surface area contributed by atoms with Crippen LogP contribution in [-0.2, 0) is 17.8 Å². The average Bonchev–Trinajstić information content (AvgIpc) is 3.09. The fourth-order valence-electron chi connectivity index (χ4n) is 3.58. The Balaban J connectivity index is 1.34. The number of fused-ring (bicyclic) bond motifs is 2. The van der Waals surface area contributed by atoms with E-state index in [0.29, 0.717) is 6.54 Å². The molecule has 2 N–H and O–H groups in total. The van der Waals surface area contributed by atoms with Crippen LogP contribution in [0.3, 0.4) is 0 Å². The highest BCUT2D eigenvalue weighted by atomic mass is 16.7. The SMILES string of the molecule is C[C@@H](NC(=O)C[NH+]1CCc2ccccc2C1)c1ccc2c(c1)OCO2. The normalized spacial score (nSPS) is 19.2. The van der Waals surface area contributed by atoms with Gasteiger partial charge in [0.2, 0.25) is 6.79 Å². The predicted octanol–water partition coefficient (Wildman–Crippen LogP) is 1.23. The highest BCUT2D eigenvalue weighted by molar-refractivity contribution is 5.77. The van der Waals surface area contributed by atoms with E-state index in [4.69, 9.17) is 9.47 Å². The van der Waals surface area contributed by atoms with E-state index in [9.17, 15) is 4.79 Å². The molecule has 4 rings (SSSR count). The molecule has 0 spiro atoms. The topological polar surface area (TPSA) is 52.0 Å². The molecule has 5 heteroatoms. The van der Waals surface area contributed by atoms with Crippen molar-refractivity contribution in [3.63, 3.8) is 0 Å². The van der Waals surface area contributed by atoms with Gasteiger partial charge in [0, 0.05) is 12.0 Å². The molecule has 0 aromatic heterocycles. The molecule has 0 radical (unpaired) electrons. The Labute approximate surface area is 147 Å². The van der Waals surface area contributed by atoms with Crippen molar-refractivity contribution in [3.8, 4) is 11.5 Å². The zero-order chi connectivity index (χ0) is 17.2. The van der Waals surface area contributed by atoms with Crippen molar-refractivity contribution in [2.45, 2.75) is 25.9 Å². The molecule has 0 aliphatic carbocycles. The monoisotopic (exact) mass is 339 g/mol. The lowest BCUT2D eigenvalue weighted by Gasteiger charge is -2.26. The van der Waals surface area contributed by atoms with Crippen molar-refractivity contribution in [1.29, 1.82) is 0 Å². The summed E-state index contributed by atoms with van der Waals surface area (Å²) >= 11 is 0. The Hall–Kier alpha value is -2.53. The van der Waals surface area contributed by atoms with Crippen LogP contribution in [0.4, 0.5) is 0 Å². The van der Waals surface area contributed by atoms with Crippen LogP contribution in [0, 0.1) is 0 Å². The molecule has 0 saturated heterocycles. The molecule has 2 aliphatic heterocycles. The van der Waals surface area contributed by atoms with Crippen molar-refractivity contribution >= 4 is 5.91 Å². The largest absolute Gasteiger partial charge is 0.454 e. The molecule has 2 aromatic rings. The minimum Gasteiger partial charge on any atom is -0.454 e. The van der Waals surface area contributed by atoms with Crippen LogP contribution in [0.5, 0.6) is 11.5 Å². The van der Waals surface area contributed by atoms with Crippen molar-refractivity contribution in [2.75, 3.05) is 19.9 Å². The van der Waals surface area contributed by atoms with E-state index in [1.807, 2.05) is 25.1 Å². The maximum Gasteiger partial charge on any atom is 0.275 e. The molecule has 2 heterocycles. The predicted molar refractivity (Wildman–Crippen MR) is 93.7 cm³/mol. The van der Waals surface area contributed by atoms with Crippen LogP contribution >= 0.6 is 0 Å². The van der Waals surface area contributed by atoms with Gasteiger partial charge in [-0.05, 0) is 30.2 Å². The van der Waals surface area contributed by atoms with Gasteiger partial charge in [-0.1, -0.05) is 30.3 Å². The fraction of sp³-hybridized carbons (Fsp3) is 0.350. The molecule has 0 bridgehead atoms. The molecular weight excluding hydrogens is 316 g/mol. The first-order chi connectivity index (χ1) is 12.2. The van der Waals surface area contributed by atoms with E-state index >= 15 is 0 Å². The molecule has 2 atom stereocenters. The second-order valence-electron chi connectivity index (χ2n) is 6.77. The minimum absolute atomic E-state index is 0.0570. The number of rotatable bonds is 4. The van der Waals surface area contributed by atoms with Gasteiger partial charge in [-0.3, -0.25) is 4.79 Å². The molecule has 5 nitrogen and oxygen atoms in total. The quantitative estimate of drug-likeness (QED) is 0.881. The number of carbonyl (C=O) groups excluding carboxylic acids is 1. The summed E-state index contributed by atoms with van der Waals surface area (Å²) in [4.78, 5) is 13.8. The molecule has 1 unspecified atom stereocenters. The van der Waals surface area contributed by atoms with E-state index in [1.54, 1.807) is 0 Å². The third kappa shape index (κ3) is 3.46. The number of amides is 1. The van der Waals surface area contributed by atoms with Gasteiger partial charge >= 0.3 is 0 Å². The number of hydrogen-bond acceptors (Lipinski definition) is 3. The summed E-state index contributed by atoms with van der Waals surface area (Å²) in [5.41, 5.74) is 3.80. The molecule has 2 aliphatic rings. The zero-order valence-corrected chi connectivity index (χ0v) is 14.4. The van der Waals surface area contributed by atoms with Crippen molar-refractivity contribution in [2.24, 2.45) is 0 Å². The number of carbonyl (C=O) groups is 1. The van der Waals surface area contributed by atoms with Gasteiger partial charge in [0.15, 0.2) is 18.0 Å². The number of quaternary nitrogens is 1. The van der Waals surface area contributed by atoms with Gasteiger partial charge in [-0.2, -0.15) is 0 Å². The minimum atomic E-state index is -0.0570. The standard InChI is InChI=1S/C20H22N2O3/c1-14(16-6-7-18-19(10-16)25-13-24-18)21-20(23)12-22-9-8-15-4-2-3-5-17(15)11-22/h2-7,10,14H,8-9,11-13H2,1H3,(H,21,23)/p+1/t14-/m1/s1. The van der Waals surface area contributed by atoms with E-state index < -0.39 is 0 Å². The van der Waals surface area contributed by atoms with E-state index in [1.165, 1.54) is 16.0 Å². The first-order valence-corrected chi connectivity index (χ1v) is 8.78. The Bertz CT molecular complexity index is 790. The van der Waals surface area contributed by atoms with Crippen LogP contribution in [0.25, 0.3) is 0 Å². The molecular formula is C20H23N2O3+. The lowest BCUT2D eigenvalue weighted by molar-refractivity contribution is -0.908. The highest BCUT2D eigenvalue weighted by Crippen LogP contribution is 2.34. The summed E-state index contributed by atoms with van der Waals surface area (Å²) in [5.74, 6) is 1.59. The lowest BCUT2D eigenvalue weighted by Crippen LogP contribution is -3.12. The molecule has 2 aromatic carbocycles. The van der Waals surface area contributed by atoms with Gasteiger partial charge in [0.25, 0.3) is 5.91 Å². The first-order valence-electron chi connectivity index (χ1n) is 8.78. The van der Waals surface area contributed by atoms with Crippen molar-refractivity contribution in [3.05, 3.63) is 59.2 Å². The number of ether oxygens (including phenoxy) is 2. The van der Waals surface area contributed by atoms with Crippen LogP contribution in [0.1, 0.15) is 29.7 Å². The molecule has 0 fully saturated rings. The summed E-state index contributed by atoms with van der Waals surface area (Å²) < 4.78 is 10.7. The van der Waals surface area contributed by atoms with Crippen LogP contribution in [-0.4, -0.2) is 25.8 Å². The molecule has 25 heavy (non-hydrogen) atoms. The number of benzene rings is 2. The van der Waals surface area contributed by atoms with Crippen molar-refractivity contribution in [1.82, 2.24) is 5.32 Å². The zero-order valence-electron chi connectivity index (χ0n) is 14.4. The molecule has 0 saturated carbocycles. The van der Waals surface area contributed by atoms with Crippen LogP contribution in [0.15, 0.2) is 42.5 Å². The van der Waals surface area contributed by atoms with Crippen LogP contribution < -0.4 is 19.7 Å². The maximum atomic E-state index is 12.5. The maximum absolute atomic E-state index is 12.5. The van der Waals surface area contributed by atoms with Crippen LogP contribution in [0.2, 0.25) is 0 Å². The van der Waals surface area contributed by atoms with E-state index in [2.05, 4.69) is 29.6 Å². The second-order valence-corrected chi connectivity index (χ2v) is 6.77. The summed E-state index contributed by atoms with van der Waals surface area (Å²) in [7, 11) is 0. The molecule has 130 valence electrons. The summed E-state index contributed by atoms with van der Waals surface area (Å²) in [5, 5.41) is 3.10. The fourth-order valence-corrected chi connectivity index (χ4v) is 3.58. The Morgan fingerprint density at radius 2 is 1.96 bits per heavy atom. The summed E-state index contributed by atoms with van der Waals surface area (Å²) in [6.07, 6.45) is 1.04. The Morgan fingerprint density at radius 3 is 2.84 bits per heavy atom. The number of nitrogens with one attached hydrogen (secondary N) is 2. The van der Waals surface area contributed by atoms with E-state index in [0.717, 1.165) is 36.6 Å². The van der Waals surface area contributed by atoms with Gasteiger partial charge in [0.1, 0.15) is 6.54 Å². The third-order valence-corrected chi connectivity index (χ3v) is 4.99. The van der Waals surface area contributed by atoms with Gasteiger partial charge in [-0.15, -0.1) is 0 Å². The number of hydrogen-bond donors (Lipinski definition) is 2. The smallest absolute Gasteiger partial charge is 0.275 e. The average molecular weight is 339 g/mol. The first kappa shape index (κ1) is 16.0. The third-order valence-electron chi connectivity index (χ3n) is 4.99. The Kier molecular flexibility index (Phi) is 4.32. The highest BCUT2D eigenvalue weighted by Gasteiger charge is 2.23. The van der Waals surface area contributed by atoms with Gasteiger partial charge < -0.3 is 19.7 Å². The van der Waals surface area contributed by atoms with Gasteiger partial charge in [0.05, 0.1) is 12.6 Å². The molecule has 1 amide bonds. The van der Waals surface area contributed by atoms with Gasteiger partial charge in [-0.25, -0.2) is 0 Å². The summed E-state index contributed by atoms with van der Waals surface area (Å²) in [6.45, 7) is 4.68. The van der Waals surface area contributed by atoms with Crippen molar-refractivity contribution < 1.29 is 19.2 Å².